The average molecular weight is 361 g/mol. The lowest BCUT2D eigenvalue weighted by Gasteiger charge is -2.28. The Bertz CT molecular complexity index is 764. The Morgan fingerprint density at radius 3 is 2.23 bits per heavy atom. The van der Waals surface area contributed by atoms with Crippen molar-refractivity contribution in [3.05, 3.63) is 28.8 Å². The predicted octanol–water partition coefficient (Wildman–Crippen LogP) is 2.50. The molecule has 1 aromatic carbocycles. The van der Waals surface area contributed by atoms with Crippen molar-refractivity contribution in [1.29, 1.82) is 0 Å². The van der Waals surface area contributed by atoms with E-state index in [4.69, 9.17) is 9.57 Å². The Balaban J connectivity index is 2.26. The molecule has 26 heavy (non-hydrogen) atoms. The highest BCUT2D eigenvalue weighted by Gasteiger charge is 2.36. The van der Waals surface area contributed by atoms with Gasteiger partial charge in [0.25, 0.3) is 11.8 Å². The second-order valence-electron chi connectivity index (χ2n) is 7.15. The lowest BCUT2D eigenvalue weighted by Crippen LogP contribution is -2.34. The highest BCUT2D eigenvalue weighted by atomic mass is 16.7. The zero-order valence-corrected chi connectivity index (χ0v) is 15.7. The molecule has 0 N–H and O–H groups in total. The molecule has 0 aromatic heterocycles. The van der Waals surface area contributed by atoms with Gasteiger partial charge in [0.1, 0.15) is 5.75 Å². The van der Waals surface area contributed by atoms with Crippen molar-refractivity contribution in [2.45, 2.75) is 59.3 Å². The number of carbonyl (C=O) groups is 4. The highest BCUT2D eigenvalue weighted by Crippen LogP contribution is 2.38. The van der Waals surface area contributed by atoms with E-state index in [1.54, 1.807) is 6.07 Å². The molecule has 0 atom stereocenters. The second kappa shape index (κ2) is 7.27. The molecule has 1 aromatic rings. The SMILES string of the molecule is CC(=O)Oc1cc(C)cc(C)c1C(C)(C)CC(=O)ON1C(=O)CCC1=O. The van der Waals surface area contributed by atoms with Crippen LogP contribution in [0.2, 0.25) is 0 Å². The maximum Gasteiger partial charge on any atom is 0.334 e. The van der Waals surface area contributed by atoms with Crippen LogP contribution in [0.1, 0.15) is 56.7 Å². The molecule has 1 aliphatic heterocycles. The highest BCUT2D eigenvalue weighted by molar-refractivity contribution is 6.01. The fourth-order valence-corrected chi connectivity index (χ4v) is 3.27. The number of hydrogen-bond acceptors (Lipinski definition) is 6. The van der Waals surface area contributed by atoms with Crippen LogP contribution in [0, 0.1) is 13.8 Å². The third-order valence-electron chi connectivity index (χ3n) is 4.16. The molecule has 0 unspecified atom stereocenters. The molecule has 140 valence electrons. The van der Waals surface area contributed by atoms with Crippen molar-refractivity contribution in [2.75, 3.05) is 0 Å². The number of ether oxygens (including phenoxy) is 1. The minimum Gasteiger partial charge on any atom is -0.426 e. The molecule has 0 radical (unpaired) electrons. The summed E-state index contributed by atoms with van der Waals surface area (Å²) in [6, 6.07) is 3.67. The van der Waals surface area contributed by atoms with E-state index < -0.39 is 29.2 Å². The van der Waals surface area contributed by atoms with Crippen molar-refractivity contribution >= 4 is 23.8 Å². The summed E-state index contributed by atoms with van der Waals surface area (Å²) in [4.78, 5) is 51.9. The van der Waals surface area contributed by atoms with Crippen molar-refractivity contribution in [2.24, 2.45) is 0 Å². The van der Waals surface area contributed by atoms with Crippen LogP contribution < -0.4 is 4.74 Å². The maximum absolute atomic E-state index is 12.3. The molecule has 2 amide bonds. The summed E-state index contributed by atoms with van der Waals surface area (Å²) in [5, 5.41) is 0.535. The summed E-state index contributed by atoms with van der Waals surface area (Å²) < 4.78 is 5.33. The lowest BCUT2D eigenvalue weighted by molar-refractivity contribution is -0.198. The van der Waals surface area contributed by atoms with E-state index in [9.17, 15) is 19.2 Å². The largest absolute Gasteiger partial charge is 0.426 e. The number of esters is 1. The number of nitrogens with zero attached hydrogens (tertiary/aromatic N) is 1. The standard InChI is InChI=1S/C19H23NO6/c1-11-8-12(2)18(14(9-11)25-13(3)21)19(4,5)10-17(24)26-20-15(22)6-7-16(20)23/h8-9H,6-7,10H2,1-5H3. The van der Waals surface area contributed by atoms with Crippen LogP contribution in [0.4, 0.5) is 0 Å². The Morgan fingerprint density at radius 1 is 1.12 bits per heavy atom. The zero-order valence-electron chi connectivity index (χ0n) is 15.7. The lowest BCUT2D eigenvalue weighted by atomic mass is 9.78. The van der Waals surface area contributed by atoms with E-state index in [-0.39, 0.29) is 19.3 Å². The van der Waals surface area contributed by atoms with Gasteiger partial charge in [0.2, 0.25) is 0 Å². The molecule has 7 heteroatoms. The summed E-state index contributed by atoms with van der Waals surface area (Å²) in [5.74, 6) is -1.81. The molecule has 1 heterocycles. The van der Waals surface area contributed by atoms with Gasteiger partial charge in [-0.25, -0.2) is 4.79 Å². The summed E-state index contributed by atoms with van der Waals surface area (Å²) in [5.41, 5.74) is 1.75. The van der Waals surface area contributed by atoms with Crippen molar-refractivity contribution in [3.63, 3.8) is 0 Å². The van der Waals surface area contributed by atoms with Gasteiger partial charge in [-0.05, 0) is 31.0 Å². The molecule has 1 fully saturated rings. The number of carbonyl (C=O) groups excluding carboxylic acids is 4. The van der Waals surface area contributed by atoms with Crippen molar-refractivity contribution < 1.29 is 28.8 Å². The van der Waals surface area contributed by atoms with Gasteiger partial charge in [-0.3, -0.25) is 14.4 Å². The van der Waals surface area contributed by atoms with Crippen molar-refractivity contribution in [3.8, 4) is 5.75 Å². The fraction of sp³-hybridized carbons (Fsp3) is 0.474. The normalized spacial score (nSPS) is 14.6. The molecule has 2 rings (SSSR count). The number of hydrogen-bond donors (Lipinski definition) is 0. The Morgan fingerprint density at radius 2 is 1.69 bits per heavy atom. The molecule has 0 bridgehead atoms. The number of imide groups is 1. The Hall–Kier alpha value is -2.70. The molecule has 1 aliphatic rings. The van der Waals surface area contributed by atoms with E-state index in [1.165, 1.54) is 6.92 Å². The average Bonchev–Trinajstić information content (AvgIpc) is 2.76. The predicted molar refractivity (Wildman–Crippen MR) is 92.0 cm³/mol. The molecule has 0 aliphatic carbocycles. The van der Waals surface area contributed by atoms with E-state index in [2.05, 4.69) is 0 Å². The van der Waals surface area contributed by atoms with E-state index >= 15 is 0 Å². The summed E-state index contributed by atoms with van der Waals surface area (Å²) in [6.45, 7) is 8.69. The minimum atomic E-state index is -0.745. The maximum atomic E-state index is 12.3. The van der Waals surface area contributed by atoms with E-state index in [0.717, 1.165) is 11.1 Å². The third-order valence-corrected chi connectivity index (χ3v) is 4.16. The topological polar surface area (TPSA) is 90.0 Å². The first-order valence-corrected chi connectivity index (χ1v) is 8.38. The first-order valence-electron chi connectivity index (χ1n) is 8.38. The van der Waals surface area contributed by atoms with Gasteiger partial charge < -0.3 is 9.57 Å². The van der Waals surface area contributed by atoms with Crippen molar-refractivity contribution in [1.82, 2.24) is 5.06 Å². The number of benzene rings is 1. The van der Waals surface area contributed by atoms with Gasteiger partial charge in [0, 0.05) is 30.7 Å². The molecule has 1 saturated heterocycles. The van der Waals surface area contributed by atoms with Gasteiger partial charge >= 0.3 is 11.9 Å². The fourth-order valence-electron chi connectivity index (χ4n) is 3.27. The first kappa shape index (κ1) is 19.6. The first-order chi connectivity index (χ1) is 12.0. The van der Waals surface area contributed by atoms with Gasteiger partial charge in [-0.2, -0.15) is 0 Å². The number of aryl methyl sites for hydroxylation is 2. The van der Waals surface area contributed by atoms with Gasteiger partial charge in [0.05, 0.1) is 6.42 Å². The van der Waals surface area contributed by atoms with E-state index in [1.807, 2.05) is 33.8 Å². The molecular weight excluding hydrogens is 338 g/mol. The van der Waals surface area contributed by atoms with Crippen LogP contribution in [0.3, 0.4) is 0 Å². The van der Waals surface area contributed by atoms with Crippen LogP contribution in [-0.4, -0.2) is 28.8 Å². The van der Waals surface area contributed by atoms with Gasteiger partial charge in [-0.15, -0.1) is 5.06 Å². The summed E-state index contributed by atoms with van der Waals surface area (Å²) in [6.07, 6.45) is -0.00538. The van der Waals surface area contributed by atoms with Crippen LogP contribution in [0.15, 0.2) is 12.1 Å². The van der Waals surface area contributed by atoms with Crippen LogP contribution >= 0.6 is 0 Å². The number of hydroxylamine groups is 2. The zero-order chi connectivity index (χ0) is 19.6. The molecule has 7 nitrogen and oxygen atoms in total. The van der Waals surface area contributed by atoms with Gasteiger partial charge in [-0.1, -0.05) is 19.9 Å². The van der Waals surface area contributed by atoms with E-state index in [0.29, 0.717) is 16.4 Å². The van der Waals surface area contributed by atoms with Crippen LogP contribution in [-0.2, 0) is 29.4 Å². The third kappa shape index (κ3) is 4.28. The number of amides is 2. The molecular formula is C19H23NO6. The smallest absolute Gasteiger partial charge is 0.334 e. The summed E-state index contributed by atoms with van der Waals surface area (Å²) >= 11 is 0. The Labute approximate surface area is 152 Å². The van der Waals surface area contributed by atoms with Gasteiger partial charge in [0.15, 0.2) is 0 Å². The van der Waals surface area contributed by atoms with Crippen LogP contribution in [0.5, 0.6) is 5.75 Å². The number of rotatable bonds is 5. The monoisotopic (exact) mass is 361 g/mol. The van der Waals surface area contributed by atoms with Crippen LogP contribution in [0.25, 0.3) is 0 Å². The quantitative estimate of drug-likeness (QED) is 0.455. The molecule has 0 spiro atoms. The molecule has 0 saturated carbocycles. The second-order valence-corrected chi connectivity index (χ2v) is 7.15. The minimum absolute atomic E-state index is 0.0448. The Kier molecular flexibility index (Phi) is 5.49. The summed E-state index contributed by atoms with van der Waals surface area (Å²) in [7, 11) is 0.